The summed E-state index contributed by atoms with van der Waals surface area (Å²) in [5.41, 5.74) is 1.97. The first kappa shape index (κ1) is 7.71. The Kier molecular flexibility index (Phi) is 1.83. The zero-order chi connectivity index (χ0) is 8.55. The van der Waals surface area contributed by atoms with Gasteiger partial charge in [-0.25, -0.2) is 4.39 Å². The van der Waals surface area contributed by atoms with E-state index in [-0.39, 0.29) is 18.5 Å². The molecule has 0 aliphatic carbocycles. The second-order valence-corrected chi connectivity index (χ2v) is 2.96. The van der Waals surface area contributed by atoms with E-state index in [2.05, 4.69) is 5.32 Å². The monoisotopic (exact) mass is 167 g/mol. The van der Waals surface area contributed by atoms with Crippen LogP contribution in [0.2, 0.25) is 0 Å². The van der Waals surface area contributed by atoms with Crippen LogP contribution in [-0.4, -0.2) is 11.7 Å². The van der Waals surface area contributed by atoms with Gasteiger partial charge >= 0.3 is 0 Å². The highest BCUT2D eigenvalue weighted by Crippen LogP contribution is 2.25. The van der Waals surface area contributed by atoms with Crippen LogP contribution in [0.4, 0.5) is 4.39 Å². The molecule has 0 fully saturated rings. The Morgan fingerprint density at radius 2 is 2.42 bits per heavy atom. The number of aliphatic hydroxyl groups is 1. The van der Waals surface area contributed by atoms with Gasteiger partial charge in [-0.3, -0.25) is 0 Å². The van der Waals surface area contributed by atoms with Gasteiger partial charge in [0, 0.05) is 6.54 Å². The van der Waals surface area contributed by atoms with Crippen LogP contribution < -0.4 is 5.32 Å². The summed E-state index contributed by atoms with van der Waals surface area (Å²) >= 11 is 0. The molecule has 2 nitrogen and oxygen atoms in total. The SMILES string of the molecule is OC[C@H]1NCc2ccc(F)cc21. The molecule has 1 aliphatic rings. The summed E-state index contributed by atoms with van der Waals surface area (Å²) < 4.78 is 12.8. The Bertz CT molecular complexity index is 301. The number of aliphatic hydroxyl groups excluding tert-OH is 1. The maximum atomic E-state index is 12.8. The quantitative estimate of drug-likeness (QED) is 0.653. The number of hydrogen-bond acceptors (Lipinski definition) is 2. The van der Waals surface area contributed by atoms with Crippen molar-refractivity contribution in [3.05, 3.63) is 35.1 Å². The summed E-state index contributed by atoms with van der Waals surface area (Å²) in [6.45, 7) is 0.747. The highest BCUT2D eigenvalue weighted by Gasteiger charge is 2.20. The third kappa shape index (κ3) is 1.11. The molecule has 0 radical (unpaired) electrons. The van der Waals surface area contributed by atoms with Crippen molar-refractivity contribution >= 4 is 0 Å². The Balaban J connectivity index is 2.42. The molecule has 2 N–H and O–H groups in total. The zero-order valence-electron chi connectivity index (χ0n) is 6.55. The molecule has 0 amide bonds. The molecule has 3 heteroatoms. The van der Waals surface area contributed by atoms with Crippen LogP contribution in [0.15, 0.2) is 18.2 Å². The summed E-state index contributed by atoms with van der Waals surface area (Å²) in [5, 5.41) is 12.0. The fourth-order valence-electron chi connectivity index (χ4n) is 1.56. The highest BCUT2D eigenvalue weighted by atomic mass is 19.1. The van der Waals surface area contributed by atoms with Crippen LogP contribution >= 0.6 is 0 Å². The van der Waals surface area contributed by atoms with Crippen molar-refractivity contribution < 1.29 is 9.50 Å². The lowest BCUT2D eigenvalue weighted by Gasteiger charge is -2.06. The minimum Gasteiger partial charge on any atom is -0.394 e. The Labute approximate surface area is 70.0 Å². The highest BCUT2D eigenvalue weighted by molar-refractivity contribution is 5.34. The van der Waals surface area contributed by atoms with Gasteiger partial charge in [0.05, 0.1) is 12.6 Å². The van der Waals surface area contributed by atoms with E-state index in [1.807, 2.05) is 0 Å². The first-order valence-electron chi connectivity index (χ1n) is 3.94. The Morgan fingerprint density at radius 3 is 3.17 bits per heavy atom. The van der Waals surface area contributed by atoms with Crippen LogP contribution in [0.25, 0.3) is 0 Å². The third-order valence-electron chi connectivity index (χ3n) is 2.20. The molecular weight excluding hydrogens is 157 g/mol. The normalized spacial score (nSPS) is 21.0. The lowest BCUT2D eigenvalue weighted by molar-refractivity contribution is 0.251. The van der Waals surface area contributed by atoms with Crippen LogP contribution in [0.3, 0.4) is 0 Å². The standard InChI is InChI=1S/C9H10FNO/c10-7-2-1-6-4-11-9(5-12)8(6)3-7/h1-3,9,11-12H,4-5H2/t9-/m1/s1. The lowest BCUT2D eigenvalue weighted by atomic mass is 10.1. The Hall–Kier alpha value is -0.930. The molecule has 1 atom stereocenters. The van der Waals surface area contributed by atoms with Crippen LogP contribution in [0.5, 0.6) is 0 Å². The maximum absolute atomic E-state index is 12.8. The smallest absolute Gasteiger partial charge is 0.123 e. The summed E-state index contributed by atoms with van der Waals surface area (Å²) in [4.78, 5) is 0. The molecule has 0 unspecified atom stereocenters. The van der Waals surface area contributed by atoms with E-state index in [1.54, 1.807) is 6.07 Å². The fourth-order valence-corrected chi connectivity index (χ4v) is 1.56. The van der Waals surface area contributed by atoms with Crippen molar-refractivity contribution in [2.24, 2.45) is 0 Å². The number of rotatable bonds is 1. The largest absolute Gasteiger partial charge is 0.394 e. The van der Waals surface area contributed by atoms with Gasteiger partial charge in [0.15, 0.2) is 0 Å². The molecule has 0 bridgehead atoms. The van der Waals surface area contributed by atoms with E-state index in [9.17, 15) is 4.39 Å². The number of benzene rings is 1. The molecule has 0 aromatic heterocycles. The first-order valence-corrected chi connectivity index (χ1v) is 3.94. The number of halogens is 1. The molecule has 12 heavy (non-hydrogen) atoms. The molecule has 0 saturated heterocycles. The van der Waals surface area contributed by atoms with Crippen molar-refractivity contribution in [2.75, 3.05) is 6.61 Å². The Morgan fingerprint density at radius 1 is 1.58 bits per heavy atom. The number of nitrogens with one attached hydrogen (secondary N) is 1. The summed E-state index contributed by atoms with van der Waals surface area (Å²) in [6.07, 6.45) is 0. The van der Waals surface area contributed by atoms with Gasteiger partial charge < -0.3 is 10.4 Å². The van der Waals surface area contributed by atoms with Crippen molar-refractivity contribution in [2.45, 2.75) is 12.6 Å². The maximum Gasteiger partial charge on any atom is 0.123 e. The molecule has 2 rings (SSSR count). The fraction of sp³-hybridized carbons (Fsp3) is 0.333. The summed E-state index contributed by atoms with van der Waals surface area (Å²) in [6, 6.07) is 4.60. The molecule has 0 spiro atoms. The molecule has 1 aromatic carbocycles. The predicted molar refractivity (Wildman–Crippen MR) is 43.1 cm³/mol. The van der Waals surface area contributed by atoms with Crippen molar-refractivity contribution in [1.29, 1.82) is 0 Å². The number of hydrogen-bond donors (Lipinski definition) is 2. The van der Waals surface area contributed by atoms with Crippen LogP contribution in [0, 0.1) is 5.82 Å². The van der Waals surface area contributed by atoms with E-state index in [1.165, 1.54) is 12.1 Å². The molecule has 1 aromatic rings. The van der Waals surface area contributed by atoms with Gasteiger partial charge in [-0.05, 0) is 23.3 Å². The molecule has 1 aliphatic heterocycles. The molecule has 1 heterocycles. The van der Waals surface area contributed by atoms with Crippen LogP contribution in [-0.2, 0) is 6.54 Å². The second kappa shape index (κ2) is 2.84. The first-order chi connectivity index (χ1) is 5.81. The summed E-state index contributed by atoms with van der Waals surface area (Å²) in [7, 11) is 0. The third-order valence-corrected chi connectivity index (χ3v) is 2.20. The minimum atomic E-state index is -0.240. The molecule has 64 valence electrons. The van der Waals surface area contributed by atoms with E-state index < -0.39 is 0 Å². The van der Waals surface area contributed by atoms with Gasteiger partial charge in [-0.2, -0.15) is 0 Å². The summed E-state index contributed by atoms with van der Waals surface area (Å²) in [5.74, 6) is -0.240. The van der Waals surface area contributed by atoms with Crippen LogP contribution in [0.1, 0.15) is 17.2 Å². The average molecular weight is 167 g/mol. The van der Waals surface area contributed by atoms with E-state index in [4.69, 9.17) is 5.11 Å². The van der Waals surface area contributed by atoms with Gasteiger partial charge in [-0.1, -0.05) is 6.07 Å². The van der Waals surface area contributed by atoms with E-state index in [0.29, 0.717) is 0 Å². The second-order valence-electron chi connectivity index (χ2n) is 2.96. The van der Waals surface area contributed by atoms with Gasteiger partial charge in [-0.15, -0.1) is 0 Å². The van der Waals surface area contributed by atoms with E-state index >= 15 is 0 Å². The number of fused-ring (bicyclic) bond motifs is 1. The van der Waals surface area contributed by atoms with E-state index in [0.717, 1.165) is 17.7 Å². The molecule has 0 saturated carbocycles. The van der Waals surface area contributed by atoms with Crippen molar-refractivity contribution in [3.8, 4) is 0 Å². The minimum absolute atomic E-state index is 0.0243. The topological polar surface area (TPSA) is 32.3 Å². The average Bonchev–Trinajstić information content (AvgIpc) is 2.46. The predicted octanol–water partition coefficient (Wildman–Crippen LogP) is 0.962. The molecular formula is C9H10FNO. The van der Waals surface area contributed by atoms with Crippen molar-refractivity contribution in [1.82, 2.24) is 5.32 Å². The van der Waals surface area contributed by atoms with Crippen molar-refractivity contribution in [3.63, 3.8) is 0 Å². The zero-order valence-corrected chi connectivity index (χ0v) is 6.55. The van der Waals surface area contributed by atoms with Gasteiger partial charge in [0.25, 0.3) is 0 Å². The van der Waals surface area contributed by atoms with Gasteiger partial charge in [0.2, 0.25) is 0 Å². The van der Waals surface area contributed by atoms with Gasteiger partial charge in [0.1, 0.15) is 5.82 Å². The lowest BCUT2D eigenvalue weighted by Crippen LogP contribution is -2.15.